The lowest BCUT2D eigenvalue weighted by atomic mass is 9.65. The van der Waals surface area contributed by atoms with Crippen LogP contribution in [0.5, 0.6) is 0 Å². The number of rotatable bonds is 9. The van der Waals surface area contributed by atoms with E-state index in [1.54, 1.807) is 13.8 Å². The van der Waals surface area contributed by atoms with Crippen LogP contribution in [0.3, 0.4) is 0 Å². The number of ketones is 2. The fourth-order valence-corrected chi connectivity index (χ4v) is 6.47. The minimum atomic E-state index is -1.07. The van der Waals surface area contributed by atoms with E-state index in [0.717, 1.165) is 33.4 Å². The number of allylic oxidation sites excluding steroid dienone is 16. The molecule has 0 saturated heterocycles. The summed E-state index contributed by atoms with van der Waals surface area (Å²) in [4.78, 5) is 25.0. The van der Waals surface area contributed by atoms with Gasteiger partial charge in [0.05, 0.1) is 6.10 Å². The van der Waals surface area contributed by atoms with Crippen molar-refractivity contribution in [2.45, 2.75) is 106 Å². The van der Waals surface area contributed by atoms with Crippen molar-refractivity contribution in [2.24, 2.45) is 10.8 Å². The van der Waals surface area contributed by atoms with Gasteiger partial charge in [-0.3, -0.25) is 9.59 Å². The number of aliphatic hydroxyl groups excluding tert-OH is 2. The monoisotopic (exact) mass is 612 g/mol. The highest BCUT2D eigenvalue weighted by molar-refractivity contribution is 6.00. The third kappa shape index (κ3) is 8.66. The Bertz CT molecular complexity index is 1490. The van der Waals surface area contributed by atoms with Gasteiger partial charge in [0.2, 0.25) is 0 Å². The first-order chi connectivity index (χ1) is 20.9. The van der Waals surface area contributed by atoms with E-state index >= 15 is 0 Å². The van der Waals surface area contributed by atoms with Crippen LogP contribution in [-0.2, 0) is 14.3 Å². The second-order valence-corrected chi connectivity index (χ2v) is 14.2. The molecule has 0 radical (unpaired) electrons. The van der Waals surface area contributed by atoms with Gasteiger partial charge in [0.1, 0.15) is 17.8 Å². The van der Waals surface area contributed by atoms with Gasteiger partial charge in [-0.1, -0.05) is 117 Å². The largest absolute Gasteiger partial charge is 0.385 e. The van der Waals surface area contributed by atoms with Crippen molar-refractivity contribution >= 4 is 11.6 Å². The van der Waals surface area contributed by atoms with Crippen LogP contribution in [-0.4, -0.2) is 45.7 Å². The Balaban J connectivity index is 1.56. The molecule has 2 N–H and O–H groups in total. The number of aliphatic hydroxyl groups is 2. The fraction of sp³-hybridized carbons (Fsp3) is 0.450. The highest BCUT2D eigenvalue weighted by Gasteiger charge is 2.56. The molecular formula is C40H52O5. The first-order valence-corrected chi connectivity index (χ1v) is 15.9. The zero-order valence-electron chi connectivity index (χ0n) is 28.8. The number of carbonyl (C=O) groups is 2. The van der Waals surface area contributed by atoms with E-state index in [1.165, 1.54) is 0 Å². The Morgan fingerprint density at radius 3 is 1.87 bits per heavy atom. The van der Waals surface area contributed by atoms with E-state index in [-0.39, 0.29) is 28.5 Å². The zero-order valence-corrected chi connectivity index (χ0v) is 28.8. The maximum Gasteiger partial charge on any atom is 0.196 e. The van der Waals surface area contributed by atoms with Crippen LogP contribution in [0.2, 0.25) is 0 Å². The van der Waals surface area contributed by atoms with Gasteiger partial charge in [0.25, 0.3) is 0 Å². The Kier molecular flexibility index (Phi) is 11.5. The summed E-state index contributed by atoms with van der Waals surface area (Å²) in [5, 5.41) is 20.3. The predicted molar refractivity (Wildman–Crippen MR) is 184 cm³/mol. The molecule has 242 valence electrons. The van der Waals surface area contributed by atoms with Crippen LogP contribution in [0.15, 0.2) is 118 Å². The molecule has 1 fully saturated rings. The van der Waals surface area contributed by atoms with E-state index in [0.29, 0.717) is 18.4 Å². The van der Waals surface area contributed by atoms with Crippen molar-refractivity contribution in [3.63, 3.8) is 0 Å². The Morgan fingerprint density at radius 1 is 0.756 bits per heavy atom. The van der Waals surface area contributed by atoms with E-state index in [2.05, 4.69) is 33.8 Å². The average Bonchev–Trinajstić information content (AvgIpc) is 3.32. The molecule has 1 saturated carbocycles. The molecule has 5 nitrogen and oxygen atoms in total. The number of carbonyl (C=O) groups excluding carboxylic acids is 2. The first-order valence-electron chi connectivity index (χ1n) is 15.9. The van der Waals surface area contributed by atoms with Crippen LogP contribution in [0.1, 0.15) is 82.1 Å². The van der Waals surface area contributed by atoms with Crippen molar-refractivity contribution < 1.29 is 24.5 Å². The number of hydrogen-bond donors (Lipinski definition) is 2. The minimum Gasteiger partial charge on any atom is -0.385 e. The molecule has 2 aliphatic carbocycles. The molecule has 4 atom stereocenters. The molecule has 1 aliphatic heterocycles. The quantitative estimate of drug-likeness (QED) is 0.203. The molecule has 5 heteroatoms. The van der Waals surface area contributed by atoms with Crippen molar-refractivity contribution in [3.8, 4) is 0 Å². The van der Waals surface area contributed by atoms with E-state index in [1.807, 2.05) is 101 Å². The lowest BCUT2D eigenvalue weighted by Gasteiger charge is -2.43. The zero-order chi connectivity index (χ0) is 33.7. The first kappa shape index (κ1) is 36.1. The maximum atomic E-state index is 12.8. The van der Waals surface area contributed by atoms with Crippen LogP contribution in [0.25, 0.3) is 0 Å². The molecule has 0 aromatic carbocycles. The topological polar surface area (TPSA) is 83.8 Å². The Hall–Kier alpha value is -3.38. The third-order valence-corrected chi connectivity index (χ3v) is 9.14. The second-order valence-electron chi connectivity index (χ2n) is 14.2. The van der Waals surface area contributed by atoms with Gasteiger partial charge in [0.15, 0.2) is 11.6 Å². The average molecular weight is 613 g/mol. The number of ether oxygens (including phenoxy) is 1. The molecule has 1 heterocycles. The lowest BCUT2D eigenvalue weighted by Crippen LogP contribution is -2.53. The molecule has 45 heavy (non-hydrogen) atoms. The van der Waals surface area contributed by atoms with Gasteiger partial charge in [-0.05, 0) is 93.6 Å². The van der Waals surface area contributed by atoms with Gasteiger partial charge < -0.3 is 14.9 Å². The molecule has 0 amide bonds. The fourth-order valence-electron chi connectivity index (χ4n) is 6.47. The SMILES string of the molecule is CC1=C(/C=C/C(C)=C/C=C/C(C)=C/C=C/C=C(C)/C=C/C=C(\C)C2C=C3C(C)(C)CC(O)C(=O)C3(C)O2)C(C)(C)CC(O)C1=O. The molecule has 0 aromatic rings. The minimum absolute atomic E-state index is 0.178. The van der Waals surface area contributed by atoms with Crippen LogP contribution < -0.4 is 0 Å². The third-order valence-electron chi connectivity index (χ3n) is 9.14. The van der Waals surface area contributed by atoms with E-state index in [9.17, 15) is 19.8 Å². The highest BCUT2D eigenvalue weighted by atomic mass is 16.5. The molecule has 0 aromatic heterocycles. The van der Waals surface area contributed by atoms with E-state index < -0.39 is 17.8 Å². The standard InChI is InChI=1S/C40H52O5/c1-26(17-13-18-28(3)21-22-31-30(5)36(43)32(41)24-38(31,6)7)15-11-12-16-27(2)19-14-20-29(4)34-23-35-39(8,9)25-33(42)37(44)40(35,10)45-34/h11-23,32-34,41-42H,24-25H2,1-10H3/b12-11+,17-13+,19-14+,22-21+,26-15+,27-16+,28-18+,29-20+. The summed E-state index contributed by atoms with van der Waals surface area (Å²) in [6.45, 7) is 19.9. The maximum absolute atomic E-state index is 12.8. The van der Waals surface area contributed by atoms with Crippen molar-refractivity contribution in [1.29, 1.82) is 0 Å². The van der Waals surface area contributed by atoms with Crippen molar-refractivity contribution in [3.05, 3.63) is 118 Å². The molecule has 0 bridgehead atoms. The van der Waals surface area contributed by atoms with Crippen LogP contribution in [0, 0.1) is 10.8 Å². The Labute approximate surface area is 270 Å². The van der Waals surface area contributed by atoms with Gasteiger partial charge in [-0.15, -0.1) is 0 Å². The Morgan fingerprint density at radius 2 is 1.27 bits per heavy atom. The summed E-state index contributed by atoms with van der Waals surface area (Å²) in [7, 11) is 0. The molecular weight excluding hydrogens is 560 g/mol. The molecule has 4 unspecified atom stereocenters. The predicted octanol–water partition coefficient (Wildman–Crippen LogP) is 8.12. The van der Waals surface area contributed by atoms with Crippen LogP contribution in [0.4, 0.5) is 0 Å². The number of Topliss-reactive ketones (excluding diaryl/α,β-unsaturated/α-hetero) is 2. The summed E-state index contributed by atoms with van der Waals surface area (Å²) < 4.78 is 6.22. The van der Waals surface area contributed by atoms with Gasteiger partial charge in [-0.2, -0.15) is 0 Å². The summed E-state index contributed by atoms with van der Waals surface area (Å²) in [5.74, 6) is -0.430. The van der Waals surface area contributed by atoms with Crippen molar-refractivity contribution in [2.75, 3.05) is 0 Å². The summed E-state index contributed by atoms with van der Waals surface area (Å²) >= 11 is 0. The normalized spacial score (nSPS) is 30.0. The lowest BCUT2D eigenvalue weighted by molar-refractivity contribution is -0.153. The second kappa shape index (κ2) is 14.4. The van der Waals surface area contributed by atoms with Gasteiger partial charge >= 0.3 is 0 Å². The smallest absolute Gasteiger partial charge is 0.196 e. The molecule has 0 spiro atoms. The van der Waals surface area contributed by atoms with Gasteiger partial charge in [0, 0.05) is 0 Å². The summed E-state index contributed by atoms with van der Waals surface area (Å²) in [6, 6.07) is 0. The van der Waals surface area contributed by atoms with Crippen molar-refractivity contribution in [1.82, 2.24) is 0 Å². The van der Waals surface area contributed by atoms with Gasteiger partial charge in [-0.25, -0.2) is 0 Å². The summed E-state index contributed by atoms with van der Waals surface area (Å²) in [6.07, 6.45) is 25.0. The number of hydrogen-bond acceptors (Lipinski definition) is 5. The number of fused-ring (bicyclic) bond motifs is 1. The highest BCUT2D eigenvalue weighted by Crippen LogP contribution is 2.50. The van der Waals surface area contributed by atoms with Crippen LogP contribution >= 0.6 is 0 Å². The van der Waals surface area contributed by atoms with E-state index in [4.69, 9.17) is 4.74 Å². The molecule has 3 aliphatic rings. The summed E-state index contributed by atoms with van der Waals surface area (Å²) in [5.41, 5.74) is 5.24. The molecule has 3 rings (SSSR count).